The highest BCUT2D eigenvalue weighted by Gasteiger charge is 2.86. The van der Waals surface area contributed by atoms with Crippen LogP contribution in [-0.2, 0) is 38.2 Å². The average Bonchev–Trinajstić information content (AvgIpc) is 3.85. The van der Waals surface area contributed by atoms with Gasteiger partial charge in [-0.3, -0.25) is 13.8 Å². The Morgan fingerprint density at radius 2 is 1.67 bits per heavy atom. The molecule has 0 spiro atoms. The summed E-state index contributed by atoms with van der Waals surface area (Å²) in [5.74, 6) is -1.95. The lowest BCUT2D eigenvalue weighted by molar-refractivity contribution is -0.148. The van der Waals surface area contributed by atoms with E-state index in [1.807, 2.05) is 6.92 Å². The predicted molar refractivity (Wildman–Crippen MR) is 165 cm³/mol. The van der Waals surface area contributed by atoms with E-state index in [1.54, 1.807) is 20.8 Å². The Bertz CT molecular complexity index is 1540. The second kappa shape index (κ2) is 11.0. The van der Waals surface area contributed by atoms with E-state index in [0.29, 0.717) is 29.1 Å². The van der Waals surface area contributed by atoms with Gasteiger partial charge in [0.15, 0.2) is 0 Å². The fourth-order valence-corrected chi connectivity index (χ4v) is 9.09. The molecule has 3 amide bonds. The standard InChI is InChI=1S/C32H42BN3O9S/c1-6-18-12-32(18,27(39)43-5)35-25(37)23-11-20(45-46(41,42)22-9-7-19(33)8-10-22)15-36(23)26(38)24(29(2,3)4)34-28(40)44-21-13-30-16-31(30,14-21)17-30/h7-10,18,20-21,23-24H,6,11-17H2,1-5H3,(H,34,40)(H,35,37)/t18-,20+,21?,23+,24-,30?,31?,32-/m1/s1. The van der Waals surface area contributed by atoms with Crippen LogP contribution in [0.4, 0.5) is 4.79 Å². The maximum absolute atomic E-state index is 14.3. The number of rotatable bonds is 10. The summed E-state index contributed by atoms with van der Waals surface area (Å²) in [6.45, 7) is 6.99. The van der Waals surface area contributed by atoms with Gasteiger partial charge in [-0.25, -0.2) is 9.59 Å². The highest BCUT2D eigenvalue weighted by Crippen LogP contribution is 2.93. The minimum absolute atomic E-state index is 0.126. The van der Waals surface area contributed by atoms with Gasteiger partial charge in [-0.1, -0.05) is 51.7 Å². The summed E-state index contributed by atoms with van der Waals surface area (Å²) >= 11 is 0. The molecule has 0 bridgehead atoms. The van der Waals surface area contributed by atoms with Crippen molar-refractivity contribution >= 4 is 47.3 Å². The van der Waals surface area contributed by atoms with Crippen molar-refractivity contribution < 1.29 is 41.3 Å². The summed E-state index contributed by atoms with van der Waals surface area (Å²) in [6, 6.07) is 3.19. The first kappa shape index (κ1) is 32.8. The van der Waals surface area contributed by atoms with Gasteiger partial charge >= 0.3 is 12.1 Å². The predicted octanol–water partition coefficient (Wildman–Crippen LogP) is 1.70. The van der Waals surface area contributed by atoms with Crippen LogP contribution in [0.25, 0.3) is 0 Å². The molecule has 2 radical (unpaired) electrons. The van der Waals surface area contributed by atoms with Gasteiger partial charge in [0.1, 0.15) is 31.6 Å². The Kier molecular flexibility index (Phi) is 7.82. The van der Waals surface area contributed by atoms with Gasteiger partial charge < -0.3 is 25.0 Å². The summed E-state index contributed by atoms with van der Waals surface area (Å²) in [5, 5.41) is 5.55. The first-order chi connectivity index (χ1) is 21.5. The lowest BCUT2D eigenvalue weighted by Gasteiger charge is -2.35. The Morgan fingerprint density at radius 3 is 2.22 bits per heavy atom. The van der Waals surface area contributed by atoms with Crippen molar-refractivity contribution in [2.45, 2.75) is 107 Å². The molecule has 4 saturated carbocycles. The highest BCUT2D eigenvalue weighted by molar-refractivity contribution is 7.86. The number of hydrogen-bond donors (Lipinski definition) is 2. The van der Waals surface area contributed by atoms with E-state index in [9.17, 15) is 27.6 Å². The molecular weight excluding hydrogens is 613 g/mol. The summed E-state index contributed by atoms with van der Waals surface area (Å²) in [6.07, 6.45) is 2.95. The topological polar surface area (TPSA) is 157 Å². The van der Waals surface area contributed by atoms with Crippen LogP contribution in [0.2, 0.25) is 0 Å². The van der Waals surface area contributed by atoms with Gasteiger partial charge in [0.25, 0.3) is 10.1 Å². The Labute approximate surface area is 271 Å². The molecule has 46 heavy (non-hydrogen) atoms. The van der Waals surface area contributed by atoms with Gasteiger partial charge in [-0.15, -0.1) is 0 Å². The van der Waals surface area contributed by atoms with Crippen LogP contribution in [0, 0.1) is 22.2 Å². The number of methoxy groups -OCH3 is 1. The largest absolute Gasteiger partial charge is 0.467 e. The maximum Gasteiger partial charge on any atom is 0.408 e. The van der Waals surface area contributed by atoms with Crippen LogP contribution in [0.15, 0.2) is 29.2 Å². The smallest absolute Gasteiger partial charge is 0.408 e. The van der Waals surface area contributed by atoms with Crippen molar-refractivity contribution in [2.75, 3.05) is 13.7 Å². The summed E-state index contributed by atoms with van der Waals surface area (Å²) in [5.41, 5.74) is -0.944. The van der Waals surface area contributed by atoms with Gasteiger partial charge in [0.05, 0.1) is 18.1 Å². The number of likely N-dealkylation sites (tertiary alicyclic amines) is 1. The van der Waals surface area contributed by atoms with Crippen molar-refractivity contribution in [1.82, 2.24) is 15.5 Å². The Balaban J connectivity index is 1.21. The molecule has 5 aliphatic rings. The van der Waals surface area contributed by atoms with E-state index < -0.39 is 63.1 Å². The molecule has 2 N–H and O–H groups in total. The molecule has 5 fully saturated rings. The molecule has 1 aromatic carbocycles. The molecule has 0 aromatic heterocycles. The second-order valence-corrected chi connectivity index (χ2v) is 16.6. The van der Waals surface area contributed by atoms with Crippen LogP contribution in [-0.4, -0.2) is 88.5 Å². The Morgan fingerprint density at radius 1 is 1.04 bits per heavy atom. The van der Waals surface area contributed by atoms with E-state index in [2.05, 4.69) is 10.6 Å². The normalized spacial score (nSPS) is 34.5. The highest BCUT2D eigenvalue weighted by atomic mass is 32.2. The molecule has 248 valence electrons. The number of amides is 3. The molecule has 1 aliphatic heterocycles. The van der Waals surface area contributed by atoms with E-state index >= 15 is 0 Å². The van der Waals surface area contributed by atoms with Crippen LogP contribution < -0.4 is 16.1 Å². The molecule has 12 nitrogen and oxygen atoms in total. The van der Waals surface area contributed by atoms with Crippen LogP contribution in [0.5, 0.6) is 0 Å². The monoisotopic (exact) mass is 655 g/mol. The number of carbonyl (C=O) groups excluding carboxylic acids is 4. The van der Waals surface area contributed by atoms with Crippen molar-refractivity contribution in [3.05, 3.63) is 24.3 Å². The lowest BCUT2D eigenvalue weighted by atomic mass is 9.85. The number of carbonyl (C=O) groups is 4. The molecule has 1 aromatic rings. The van der Waals surface area contributed by atoms with Crippen LogP contribution in [0.3, 0.4) is 0 Å². The summed E-state index contributed by atoms with van der Waals surface area (Å²) < 4.78 is 42.6. The van der Waals surface area contributed by atoms with Gasteiger partial charge in [-0.2, -0.15) is 8.42 Å². The van der Waals surface area contributed by atoms with E-state index in [1.165, 1.54) is 49.1 Å². The van der Waals surface area contributed by atoms with Crippen molar-refractivity contribution in [1.29, 1.82) is 0 Å². The van der Waals surface area contributed by atoms with E-state index in [-0.39, 0.29) is 29.9 Å². The molecule has 1 heterocycles. The van der Waals surface area contributed by atoms with Crippen LogP contribution >= 0.6 is 0 Å². The second-order valence-electron chi connectivity index (χ2n) is 15.0. The third-order valence-corrected chi connectivity index (χ3v) is 12.3. The summed E-state index contributed by atoms with van der Waals surface area (Å²) in [4.78, 5) is 55.1. The van der Waals surface area contributed by atoms with Crippen molar-refractivity contribution in [3.8, 4) is 0 Å². The SMILES string of the molecule is [B]c1ccc(S(=O)(=O)O[C@H]2C[C@@H](C(=O)N[C@]3(C(=O)OC)C[C@H]3CC)N(C(=O)[C@@H](NC(=O)OC3CC45CC4(C3)C5)C(C)(C)C)C2)cc1. The number of nitrogens with one attached hydrogen (secondary N) is 2. The van der Waals surface area contributed by atoms with Gasteiger partial charge in [0, 0.05) is 13.0 Å². The lowest BCUT2D eigenvalue weighted by Crippen LogP contribution is -2.59. The zero-order chi connectivity index (χ0) is 33.4. The van der Waals surface area contributed by atoms with Gasteiger partial charge in [-0.05, 0) is 66.4 Å². The Hall–Kier alpha value is -3.13. The van der Waals surface area contributed by atoms with E-state index in [0.717, 1.165) is 12.8 Å². The molecule has 6 rings (SSSR count). The molecule has 4 aliphatic carbocycles. The van der Waals surface area contributed by atoms with Crippen LogP contribution in [0.1, 0.15) is 72.6 Å². The fourth-order valence-electron chi connectivity index (χ4n) is 8.01. The van der Waals surface area contributed by atoms with Crippen molar-refractivity contribution in [2.24, 2.45) is 22.2 Å². The fraction of sp³-hybridized carbons (Fsp3) is 0.688. The third-order valence-electron chi connectivity index (χ3n) is 10.9. The van der Waals surface area contributed by atoms with Gasteiger partial charge in [0.2, 0.25) is 11.8 Å². The summed E-state index contributed by atoms with van der Waals surface area (Å²) in [7, 11) is 2.67. The minimum Gasteiger partial charge on any atom is -0.467 e. The number of esters is 1. The maximum atomic E-state index is 14.3. The third kappa shape index (κ3) is 5.69. The quantitative estimate of drug-likeness (QED) is 0.218. The number of alkyl carbamates (subject to hydrolysis) is 1. The zero-order valence-electron chi connectivity index (χ0n) is 27.0. The molecule has 5 atom stereocenters. The average molecular weight is 656 g/mol. The molecule has 0 unspecified atom stereocenters. The van der Waals surface area contributed by atoms with E-state index in [4.69, 9.17) is 21.5 Å². The molecule has 1 saturated heterocycles. The first-order valence-corrected chi connectivity index (χ1v) is 17.4. The van der Waals surface area contributed by atoms with Crippen molar-refractivity contribution in [3.63, 3.8) is 0 Å². The number of ether oxygens (including phenoxy) is 2. The number of hydrogen-bond acceptors (Lipinski definition) is 9. The number of benzene rings is 1. The molecule has 14 heteroatoms. The first-order valence-electron chi connectivity index (χ1n) is 15.9. The zero-order valence-corrected chi connectivity index (χ0v) is 27.8. The number of nitrogens with zero attached hydrogens (tertiary/aromatic N) is 1. The minimum atomic E-state index is -4.28. The molecular formula is C32H42BN3O9S.